The van der Waals surface area contributed by atoms with Crippen LogP contribution in [0.3, 0.4) is 0 Å². The molecule has 2 atom stereocenters. The zero-order valence-corrected chi connectivity index (χ0v) is 18.8. The van der Waals surface area contributed by atoms with Crippen molar-refractivity contribution >= 4 is 27.9 Å². The lowest BCUT2D eigenvalue weighted by Crippen LogP contribution is -2.48. The predicted molar refractivity (Wildman–Crippen MR) is 124 cm³/mol. The zero-order valence-electron chi connectivity index (χ0n) is 18.8. The van der Waals surface area contributed by atoms with Crippen LogP contribution in [0.15, 0.2) is 54.6 Å². The summed E-state index contributed by atoms with van der Waals surface area (Å²) in [6.45, 7) is 8.50. The number of esters is 1. The van der Waals surface area contributed by atoms with Crippen LogP contribution in [-0.4, -0.2) is 20.9 Å². The number of aryl methyl sites for hydroxylation is 1. The summed E-state index contributed by atoms with van der Waals surface area (Å²) < 4.78 is 6.17. The third-order valence-electron chi connectivity index (χ3n) is 8.32. The van der Waals surface area contributed by atoms with Gasteiger partial charge in [-0.1, -0.05) is 51.1 Å². The molecule has 5 nitrogen and oxygen atoms in total. The Morgan fingerprint density at radius 2 is 1.56 bits per heavy atom. The predicted octanol–water partition coefficient (Wildman–Crippen LogP) is 5.42. The molecule has 5 heteroatoms. The fraction of sp³-hybridized carbons (Fsp3) is 0.333. The minimum atomic E-state index is -0.847. The number of hydrogen-bond donors (Lipinski definition) is 0. The maximum atomic E-state index is 14.1. The van der Waals surface area contributed by atoms with Gasteiger partial charge in [-0.2, -0.15) is 0 Å². The van der Waals surface area contributed by atoms with Gasteiger partial charge in [-0.05, 0) is 49.4 Å². The molecule has 2 heterocycles. The molecule has 1 fully saturated rings. The van der Waals surface area contributed by atoms with Crippen molar-refractivity contribution in [3.05, 3.63) is 71.7 Å². The molecule has 0 aliphatic heterocycles. The molecule has 0 spiro atoms. The maximum absolute atomic E-state index is 14.1. The van der Waals surface area contributed by atoms with Crippen LogP contribution in [-0.2, 0) is 15.6 Å². The number of fused-ring (bicyclic) bond motifs is 7. The molecule has 0 saturated heterocycles. The minimum Gasteiger partial charge on any atom is -0.423 e. The Morgan fingerprint density at radius 1 is 0.844 bits per heavy atom. The van der Waals surface area contributed by atoms with E-state index >= 15 is 0 Å². The normalized spacial score (nSPS) is 25.2. The molecule has 0 amide bonds. The summed E-state index contributed by atoms with van der Waals surface area (Å²) in [5, 5.41) is 0.950. The fourth-order valence-electron chi connectivity index (χ4n) is 5.99. The van der Waals surface area contributed by atoms with Crippen molar-refractivity contribution in [3.8, 4) is 5.75 Å². The molecule has 6 rings (SSSR count). The van der Waals surface area contributed by atoms with Crippen molar-refractivity contribution in [1.29, 1.82) is 0 Å². The second-order valence-corrected chi connectivity index (χ2v) is 9.94. The molecule has 2 unspecified atom stereocenters. The summed E-state index contributed by atoms with van der Waals surface area (Å²) in [5.41, 5.74) is 3.52. The highest BCUT2D eigenvalue weighted by Gasteiger charge is 2.74. The van der Waals surface area contributed by atoms with Gasteiger partial charge in [0, 0.05) is 16.5 Å². The molecule has 0 N–H and O–H groups in total. The van der Waals surface area contributed by atoms with Gasteiger partial charge in [0.2, 0.25) is 0 Å². The fourth-order valence-corrected chi connectivity index (χ4v) is 5.99. The van der Waals surface area contributed by atoms with Crippen molar-refractivity contribution in [3.63, 3.8) is 0 Å². The molecule has 1 saturated carbocycles. The Labute approximate surface area is 186 Å². The van der Waals surface area contributed by atoms with Gasteiger partial charge in [0.05, 0.1) is 22.4 Å². The summed E-state index contributed by atoms with van der Waals surface area (Å²) >= 11 is 0. The maximum Gasteiger partial charge on any atom is 0.324 e. The van der Waals surface area contributed by atoms with E-state index in [1.165, 1.54) is 0 Å². The highest BCUT2D eigenvalue weighted by molar-refractivity contribution is 5.93. The SMILES string of the molecule is Cc1ccc2cccc(OC(=O)C34CCC(C)(c5nc6ccccc6nc53)C4(C)C)c2n1. The van der Waals surface area contributed by atoms with Crippen molar-refractivity contribution in [2.24, 2.45) is 5.41 Å². The van der Waals surface area contributed by atoms with Crippen LogP contribution < -0.4 is 4.74 Å². The van der Waals surface area contributed by atoms with Gasteiger partial charge in [0.25, 0.3) is 0 Å². The lowest BCUT2D eigenvalue weighted by atomic mass is 9.64. The Balaban J connectivity index is 1.54. The Bertz CT molecular complexity index is 1440. The first kappa shape index (κ1) is 19.4. The molecular formula is C27H25N3O2. The molecule has 2 aromatic heterocycles. The molecule has 0 radical (unpaired) electrons. The lowest BCUT2D eigenvalue weighted by molar-refractivity contribution is -0.145. The average molecular weight is 424 g/mol. The third-order valence-corrected chi connectivity index (χ3v) is 8.32. The minimum absolute atomic E-state index is 0.244. The number of ether oxygens (including phenoxy) is 1. The van der Waals surface area contributed by atoms with Gasteiger partial charge < -0.3 is 4.74 Å². The van der Waals surface area contributed by atoms with Gasteiger partial charge in [-0.15, -0.1) is 0 Å². The molecular weight excluding hydrogens is 398 g/mol. The Kier molecular flexibility index (Phi) is 3.70. The van der Waals surface area contributed by atoms with Crippen LogP contribution in [0.2, 0.25) is 0 Å². The molecule has 2 aliphatic carbocycles. The molecule has 32 heavy (non-hydrogen) atoms. The molecule has 4 aromatic rings. The van der Waals surface area contributed by atoms with Gasteiger partial charge in [-0.3, -0.25) is 4.79 Å². The van der Waals surface area contributed by atoms with E-state index < -0.39 is 5.41 Å². The lowest BCUT2D eigenvalue weighted by Gasteiger charge is -2.38. The molecule has 2 aliphatic rings. The van der Waals surface area contributed by atoms with E-state index in [1.807, 2.05) is 61.5 Å². The number of pyridine rings is 1. The quantitative estimate of drug-likeness (QED) is 0.318. The summed E-state index contributed by atoms with van der Waals surface area (Å²) in [5.74, 6) is 0.238. The smallest absolute Gasteiger partial charge is 0.324 e. The monoisotopic (exact) mass is 423 g/mol. The van der Waals surface area contributed by atoms with Crippen LogP contribution in [0.25, 0.3) is 21.9 Å². The highest BCUT2D eigenvalue weighted by atomic mass is 16.5. The summed E-state index contributed by atoms with van der Waals surface area (Å²) in [4.78, 5) is 28.7. The van der Waals surface area contributed by atoms with E-state index in [2.05, 4.69) is 25.8 Å². The van der Waals surface area contributed by atoms with Gasteiger partial charge in [0.15, 0.2) is 5.75 Å². The van der Waals surface area contributed by atoms with Crippen molar-refractivity contribution in [2.45, 2.75) is 51.4 Å². The molecule has 160 valence electrons. The first-order valence-electron chi connectivity index (χ1n) is 11.1. The van der Waals surface area contributed by atoms with Crippen LogP contribution in [0.4, 0.5) is 0 Å². The van der Waals surface area contributed by atoms with Crippen LogP contribution in [0, 0.1) is 12.3 Å². The van der Waals surface area contributed by atoms with Gasteiger partial charge in [-0.25, -0.2) is 15.0 Å². The number of nitrogens with zero attached hydrogens (tertiary/aromatic N) is 3. The van der Waals surface area contributed by atoms with Gasteiger partial charge >= 0.3 is 5.97 Å². The number of benzene rings is 2. The van der Waals surface area contributed by atoms with Crippen LogP contribution >= 0.6 is 0 Å². The number of aromatic nitrogens is 3. The van der Waals surface area contributed by atoms with Crippen molar-refractivity contribution in [1.82, 2.24) is 15.0 Å². The second kappa shape index (κ2) is 6.12. The number of carbonyl (C=O) groups excluding carboxylic acids is 1. The van der Waals surface area contributed by atoms with Crippen LogP contribution in [0.1, 0.15) is 50.7 Å². The third kappa shape index (κ3) is 2.18. The second-order valence-electron chi connectivity index (χ2n) is 9.94. The Morgan fingerprint density at radius 3 is 2.31 bits per heavy atom. The number of para-hydroxylation sites is 3. The Hall–Kier alpha value is -3.34. The van der Waals surface area contributed by atoms with E-state index in [4.69, 9.17) is 14.7 Å². The summed E-state index contributed by atoms with van der Waals surface area (Å²) in [6, 6.07) is 17.6. The number of hydrogen-bond acceptors (Lipinski definition) is 5. The average Bonchev–Trinajstić information content (AvgIpc) is 3.08. The van der Waals surface area contributed by atoms with Gasteiger partial charge in [0.1, 0.15) is 10.9 Å². The van der Waals surface area contributed by atoms with E-state index in [0.717, 1.165) is 39.9 Å². The summed E-state index contributed by atoms with van der Waals surface area (Å²) in [7, 11) is 0. The first-order valence-corrected chi connectivity index (χ1v) is 11.1. The number of carbonyl (C=O) groups is 1. The van der Waals surface area contributed by atoms with Crippen molar-refractivity contribution < 1.29 is 9.53 Å². The summed E-state index contributed by atoms with van der Waals surface area (Å²) in [6.07, 6.45) is 1.58. The topological polar surface area (TPSA) is 65.0 Å². The van der Waals surface area contributed by atoms with Crippen LogP contribution in [0.5, 0.6) is 5.75 Å². The van der Waals surface area contributed by atoms with E-state index in [0.29, 0.717) is 17.7 Å². The largest absolute Gasteiger partial charge is 0.423 e. The zero-order chi connectivity index (χ0) is 22.3. The van der Waals surface area contributed by atoms with Crippen molar-refractivity contribution in [2.75, 3.05) is 0 Å². The highest BCUT2D eigenvalue weighted by Crippen LogP contribution is 2.70. The van der Waals surface area contributed by atoms with E-state index in [-0.39, 0.29) is 16.8 Å². The number of rotatable bonds is 2. The van der Waals surface area contributed by atoms with E-state index in [1.54, 1.807) is 0 Å². The molecule has 2 aromatic carbocycles. The first-order chi connectivity index (χ1) is 15.3. The molecule has 2 bridgehead atoms. The van der Waals surface area contributed by atoms with E-state index in [9.17, 15) is 4.79 Å². The standard InChI is InChI=1S/C27H25N3O2/c1-16-12-13-17-8-7-11-20(21(17)28-16)32-24(31)27-15-14-26(4,25(27,2)3)22-23(27)30-19-10-6-5-9-18(19)29-22/h5-13H,14-15H2,1-4H3.